The van der Waals surface area contributed by atoms with Crippen LogP contribution >= 0.6 is 11.3 Å². The fourth-order valence-electron chi connectivity index (χ4n) is 3.58. The van der Waals surface area contributed by atoms with Crippen LogP contribution in [0.15, 0.2) is 53.6 Å². The van der Waals surface area contributed by atoms with Crippen LogP contribution in [0.1, 0.15) is 40.3 Å². The summed E-state index contributed by atoms with van der Waals surface area (Å²) >= 11 is 1.64. The number of hydrogen-bond acceptors (Lipinski definition) is 7. The van der Waals surface area contributed by atoms with E-state index in [1.54, 1.807) is 35.9 Å². The van der Waals surface area contributed by atoms with Crippen LogP contribution < -0.4 is 10.6 Å². The van der Waals surface area contributed by atoms with Gasteiger partial charge < -0.3 is 19.9 Å². The molecule has 8 nitrogen and oxygen atoms in total. The molecule has 0 saturated heterocycles. The zero-order valence-corrected chi connectivity index (χ0v) is 19.5. The third-order valence-electron chi connectivity index (χ3n) is 5.06. The summed E-state index contributed by atoms with van der Waals surface area (Å²) in [5.41, 5.74) is 3.57. The number of nitrogens with one attached hydrogen (secondary N) is 2. The summed E-state index contributed by atoms with van der Waals surface area (Å²) in [6.45, 7) is 5.29. The molecule has 4 rings (SSSR count). The molecule has 33 heavy (non-hydrogen) atoms. The van der Waals surface area contributed by atoms with Crippen LogP contribution in [0.2, 0.25) is 0 Å². The van der Waals surface area contributed by atoms with Crippen molar-refractivity contribution >= 4 is 45.6 Å². The van der Waals surface area contributed by atoms with E-state index in [9.17, 15) is 9.59 Å². The Morgan fingerprint density at radius 2 is 2.09 bits per heavy atom. The van der Waals surface area contributed by atoms with Gasteiger partial charge in [0.1, 0.15) is 5.65 Å². The molecule has 0 aliphatic heterocycles. The zero-order valence-electron chi connectivity index (χ0n) is 18.7. The third kappa shape index (κ3) is 4.88. The Labute approximate surface area is 195 Å². The number of thiophene rings is 1. The van der Waals surface area contributed by atoms with Crippen LogP contribution in [0.5, 0.6) is 0 Å². The number of pyridine rings is 2. The lowest BCUT2D eigenvalue weighted by Gasteiger charge is -2.12. The SMILES string of the molecule is COC(=O)c1c(NC(=O)c2cccnc2)c2cc(NCc3ccsc3)cnc2n1CC(C)C. The molecule has 0 fully saturated rings. The molecule has 0 aliphatic carbocycles. The van der Waals surface area contributed by atoms with Crippen molar-refractivity contribution in [1.82, 2.24) is 14.5 Å². The van der Waals surface area contributed by atoms with Crippen molar-refractivity contribution in [3.8, 4) is 0 Å². The van der Waals surface area contributed by atoms with Gasteiger partial charge in [0.15, 0.2) is 5.69 Å². The zero-order chi connectivity index (χ0) is 23.4. The first kappa shape index (κ1) is 22.5. The summed E-state index contributed by atoms with van der Waals surface area (Å²) in [6.07, 6.45) is 4.81. The van der Waals surface area contributed by atoms with Gasteiger partial charge in [-0.3, -0.25) is 9.78 Å². The second-order valence-electron chi connectivity index (χ2n) is 8.00. The van der Waals surface area contributed by atoms with Crippen molar-refractivity contribution in [2.24, 2.45) is 5.92 Å². The fraction of sp³-hybridized carbons (Fsp3) is 0.250. The molecule has 0 unspecified atom stereocenters. The van der Waals surface area contributed by atoms with Gasteiger partial charge in [-0.25, -0.2) is 9.78 Å². The standard InChI is InChI=1S/C24H25N5O3S/c1-15(2)13-29-21(24(31)32-3)20(28-23(30)17-5-4-7-25-11-17)19-9-18(12-27-22(19)29)26-10-16-6-8-33-14-16/h4-9,11-12,14-15,26H,10,13H2,1-3H3,(H,28,30). The summed E-state index contributed by atoms with van der Waals surface area (Å²) < 4.78 is 6.89. The molecule has 0 atom stereocenters. The molecule has 4 aromatic rings. The molecule has 0 aliphatic rings. The van der Waals surface area contributed by atoms with Crippen molar-refractivity contribution in [3.63, 3.8) is 0 Å². The number of methoxy groups -OCH3 is 1. The molecule has 0 spiro atoms. The lowest BCUT2D eigenvalue weighted by molar-refractivity contribution is 0.0589. The van der Waals surface area contributed by atoms with E-state index in [4.69, 9.17) is 4.74 Å². The number of carbonyl (C=O) groups is 2. The smallest absolute Gasteiger partial charge is 0.356 e. The van der Waals surface area contributed by atoms with E-state index in [-0.39, 0.29) is 17.5 Å². The molecular formula is C24H25N5O3S. The number of esters is 1. The summed E-state index contributed by atoms with van der Waals surface area (Å²) in [6, 6.07) is 7.31. The summed E-state index contributed by atoms with van der Waals surface area (Å²) in [4.78, 5) is 34.5. The van der Waals surface area contributed by atoms with Gasteiger partial charge in [0.2, 0.25) is 0 Å². The molecule has 0 bridgehead atoms. The molecule has 4 aromatic heterocycles. The van der Waals surface area contributed by atoms with E-state index in [0.29, 0.717) is 35.4 Å². The predicted molar refractivity (Wildman–Crippen MR) is 130 cm³/mol. The third-order valence-corrected chi connectivity index (χ3v) is 5.80. The molecule has 9 heteroatoms. The van der Waals surface area contributed by atoms with E-state index in [1.165, 1.54) is 13.3 Å². The normalized spacial score (nSPS) is 11.0. The molecule has 0 aromatic carbocycles. The Kier molecular flexibility index (Phi) is 6.69. The topological polar surface area (TPSA) is 98.1 Å². The maximum atomic E-state index is 13.0. The van der Waals surface area contributed by atoms with E-state index in [0.717, 1.165) is 11.3 Å². The minimum absolute atomic E-state index is 0.240. The lowest BCUT2D eigenvalue weighted by atomic mass is 10.2. The van der Waals surface area contributed by atoms with Crippen molar-refractivity contribution < 1.29 is 14.3 Å². The molecule has 1 amide bonds. The van der Waals surface area contributed by atoms with Crippen LogP contribution in [0.3, 0.4) is 0 Å². The molecular weight excluding hydrogens is 438 g/mol. The predicted octanol–water partition coefficient (Wildman–Crippen LogP) is 4.80. The highest BCUT2D eigenvalue weighted by molar-refractivity contribution is 7.07. The Hall–Kier alpha value is -3.72. The number of nitrogens with zero attached hydrogens (tertiary/aromatic N) is 3. The molecule has 170 valence electrons. The largest absolute Gasteiger partial charge is 0.464 e. The highest BCUT2D eigenvalue weighted by atomic mass is 32.1. The number of hydrogen-bond donors (Lipinski definition) is 2. The summed E-state index contributed by atoms with van der Waals surface area (Å²) in [5, 5.41) is 11.0. The number of amides is 1. The molecule has 2 N–H and O–H groups in total. The monoisotopic (exact) mass is 463 g/mol. The van der Waals surface area contributed by atoms with E-state index < -0.39 is 5.97 Å². The Morgan fingerprint density at radius 3 is 2.76 bits per heavy atom. The maximum Gasteiger partial charge on any atom is 0.356 e. The second kappa shape index (κ2) is 9.83. The first-order valence-electron chi connectivity index (χ1n) is 10.5. The number of ether oxygens (including phenoxy) is 1. The van der Waals surface area contributed by atoms with Crippen LogP contribution in [0.4, 0.5) is 11.4 Å². The average molecular weight is 464 g/mol. The van der Waals surface area contributed by atoms with E-state index in [1.807, 2.05) is 16.0 Å². The minimum Gasteiger partial charge on any atom is -0.464 e. The Balaban J connectivity index is 1.81. The Bertz CT molecular complexity index is 1270. The number of rotatable bonds is 8. The number of carbonyl (C=O) groups excluding carboxylic acids is 2. The first-order valence-corrected chi connectivity index (χ1v) is 11.5. The quantitative estimate of drug-likeness (QED) is 0.364. The van der Waals surface area contributed by atoms with Gasteiger partial charge in [-0.2, -0.15) is 11.3 Å². The van der Waals surface area contributed by atoms with Crippen molar-refractivity contribution in [3.05, 3.63) is 70.4 Å². The van der Waals surface area contributed by atoms with Gasteiger partial charge in [0.25, 0.3) is 5.91 Å². The van der Waals surface area contributed by atoms with Gasteiger partial charge in [0, 0.05) is 30.9 Å². The van der Waals surface area contributed by atoms with Gasteiger partial charge in [0.05, 0.1) is 30.2 Å². The van der Waals surface area contributed by atoms with Gasteiger partial charge >= 0.3 is 5.97 Å². The molecule has 0 saturated carbocycles. The first-order chi connectivity index (χ1) is 16.0. The second-order valence-corrected chi connectivity index (χ2v) is 8.78. The Morgan fingerprint density at radius 1 is 1.24 bits per heavy atom. The van der Waals surface area contributed by atoms with Gasteiger partial charge in [-0.15, -0.1) is 0 Å². The summed E-state index contributed by atoms with van der Waals surface area (Å²) in [7, 11) is 1.33. The van der Waals surface area contributed by atoms with Crippen LogP contribution in [-0.4, -0.2) is 33.5 Å². The fourth-order valence-corrected chi connectivity index (χ4v) is 4.25. The van der Waals surface area contributed by atoms with Gasteiger partial charge in [-0.05, 0) is 46.5 Å². The van der Waals surface area contributed by atoms with E-state index >= 15 is 0 Å². The van der Waals surface area contributed by atoms with Crippen molar-refractivity contribution in [2.45, 2.75) is 26.9 Å². The average Bonchev–Trinajstić information content (AvgIpc) is 3.44. The lowest BCUT2D eigenvalue weighted by Crippen LogP contribution is -2.18. The molecule has 4 heterocycles. The van der Waals surface area contributed by atoms with Crippen molar-refractivity contribution in [2.75, 3.05) is 17.7 Å². The van der Waals surface area contributed by atoms with Crippen LogP contribution in [0.25, 0.3) is 11.0 Å². The highest BCUT2D eigenvalue weighted by Crippen LogP contribution is 2.33. The highest BCUT2D eigenvalue weighted by Gasteiger charge is 2.27. The number of anilines is 2. The van der Waals surface area contributed by atoms with Gasteiger partial charge in [-0.1, -0.05) is 13.8 Å². The number of aromatic nitrogens is 3. The van der Waals surface area contributed by atoms with Crippen molar-refractivity contribution in [1.29, 1.82) is 0 Å². The van der Waals surface area contributed by atoms with Crippen LogP contribution in [-0.2, 0) is 17.8 Å². The van der Waals surface area contributed by atoms with E-state index in [2.05, 4.69) is 45.9 Å². The summed E-state index contributed by atoms with van der Waals surface area (Å²) in [5.74, 6) is -0.666. The maximum absolute atomic E-state index is 13.0. The number of fused-ring (bicyclic) bond motifs is 1. The minimum atomic E-state index is -0.539. The molecule has 0 radical (unpaired) electrons. The van der Waals surface area contributed by atoms with Crippen LogP contribution in [0, 0.1) is 5.92 Å².